The van der Waals surface area contributed by atoms with E-state index in [2.05, 4.69) is 5.10 Å². The lowest BCUT2D eigenvalue weighted by molar-refractivity contribution is 0.241. The molecule has 0 bridgehead atoms. The third-order valence-corrected chi connectivity index (χ3v) is 1.61. The summed E-state index contributed by atoms with van der Waals surface area (Å²) in [5.74, 6) is 0. The number of hydrazone groups is 1. The van der Waals surface area contributed by atoms with Gasteiger partial charge in [0.25, 0.3) is 0 Å². The van der Waals surface area contributed by atoms with Crippen molar-refractivity contribution in [1.29, 1.82) is 5.26 Å². The first-order chi connectivity index (χ1) is 4.93. The minimum absolute atomic E-state index is 1.01. The number of hydrogen-bond acceptors (Lipinski definition) is 3. The second-order valence-corrected chi connectivity index (χ2v) is 2.39. The number of rotatable bonds is 1. The van der Waals surface area contributed by atoms with Crippen LogP contribution in [-0.4, -0.2) is 24.3 Å². The van der Waals surface area contributed by atoms with Gasteiger partial charge in [0.1, 0.15) is 12.3 Å². The molecule has 0 N–H and O–H groups in total. The molecule has 0 aromatic carbocycles. The first-order valence-electron chi connectivity index (χ1n) is 3.60. The highest BCUT2D eigenvalue weighted by molar-refractivity contribution is 5.74. The van der Waals surface area contributed by atoms with Crippen molar-refractivity contribution in [2.75, 3.05) is 13.1 Å². The Balaban J connectivity index is 2.27. The molecule has 0 radical (unpaired) electrons. The van der Waals surface area contributed by atoms with E-state index < -0.39 is 0 Å². The molecule has 0 aromatic heterocycles. The van der Waals surface area contributed by atoms with Crippen molar-refractivity contribution < 1.29 is 0 Å². The van der Waals surface area contributed by atoms with Gasteiger partial charge in [-0.3, -0.25) is 5.01 Å². The molecule has 1 rings (SSSR count). The summed E-state index contributed by atoms with van der Waals surface area (Å²) in [7, 11) is 0. The predicted molar refractivity (Wildman–Crippen MR) is 39.5 cm³/mol. The van der Waals surface area contributed by atoms with E-state index in [1.165, 1.54) is 25.5 Å². The Morgan fingerprint density at radius 3 is 2.60 bits per heavy atom. The maximum atomic E-state index is 8.17. The van der Waals surface area contributed by atoms with E-state index in [0.717, 1.165) is 13.1 Å². The Morgan fingerprint density at radius 2 is 2.00 bits per heavy atom. The van der Waals surface area contributed by atoms with Crippen LogP contribution in [0.3, 0.4) is 0 Å². The third kappa shape index (κ3) is 2.06. The lowest BCUT2D eigenvalue weighted by Gasteiger charge is -2.22. The molecule has 0 aromatic rings. The molecular weight excluding hydrogens is 126 g/mol. The molecule has 54 valence electrons. The quantitative estimate of drug-likeness (QED) is 0.505. The first-order valence-corrected chi connectivity index (χ1v) is 3.60. The Morgan fingerprint density at radius 1 is 1.30 bits per heavy atom. The fraction of sp³-hybridized carbons (Fsp3) is 0.714. The lowest BCUT2D eigenvalue weighted by Crippen LogP contribution is -2.24. The molecule has 1 aliphatic heterocycles. The largest absolute Gasteiger partial charge is 0.296 e. The van der Waals surface area contributed by atoms with Crippen LogP contribution < -0.4 is 0 Å². The number of hydrogen-bond donors (Lipinski definition) is 0. The predicted octanol–water partition coefficient (Wildman–Crippen LogP) is 0.982. The van der Waals surface area contributed by atoms with Crippen molar-refractivity contribution >= 4 is 6.21 Å². The second kappa shape index (κ2) is 3.89. The van der Waals surface area contributed by atoms with Crippen molar-refractivity contribution in [3.63, 3.8) is 0 Å². The van der Waals surface area contributed by atoms with Crippen LogP contribution in [0.4, 0.5) is 0 Å². The topological polar surface area (TPSA) is 39.4 Å². The molecule has 0 unspecified atom stereocenters. The minimum Gasteiger partial charge on any atom is -0.296 e. The van der Waals surface area contributed by atoms with Crippen LogP contribution in [0, 0.1) is 11.3 Å². The van der Waals surface area contributed by atoms with E-state index in [-0.39, 0.29) is 0 Å². The summed E-state index contributed by atoms with van der Waals surface area (Å²) >= 11 is 0. The average Bonchev–Trinajstić information content (AvgIpc) is 2.03. The number of piperidine rings is 1. The summed E-state index contributed by atoms with van der Waals surface area (Å²) in [4.78, 5) is 0. The van der Waals surface area contributed by atoms with Gasteiger partial charge in [-0.15, -0.1) is 0 Å². The molecule has 1 saturated heterocycles. The van der Waals surface area contributed by atoms with Crippen molar-refractivity contribution in [3.8, 4) is 6.07 Å². The van der Waals surface area contributed by atoms with Crippen molar-refractivity contribution in [1.82, 2.24) is 5.01 Å². The fourth-order valence-corrected chi connectivity index (χ4v) is 1.10. The van der Waals surface area contributed by atoms with Gasteiger partial charge < -0.3 is 0 Å². The lowest BCUT2D eigenvalue weighted by atomic mass is 10.2. The van der Waals surface area contributed by atoms with Gasteiger partial charge in [-0.25, -0.2) is 0 Å². The minimum atomic E-state index is 1.01. The second-order valence-electron chi connectivity index (χ2n) is 2.39. The third-order valence-electron chi connectivity index (χ3n) is 1.61. The molecule has 0 aliphatic carbocycles. The maximum absolute atomic E-state index is 8.17. The zero-order valence-corrected chi connectivity index (χ0v) is 5.95. The molecule has 1 aliphatic rings. The SMILES string of the molecule is N#C/C=N/N1CCCCC1. The summed E-state index contributed by atoms with van der Waals surface area (Å²) in [5, 5.41) is 14.1. The van der Waals surface area contributed by atoms with Gasteiger partial charge >= 0.3 is 0 Å². The number of nitrogens with zero attached hydrogens (tertiary/aromatic N) is 3. The summed E-state index contributed by atoms with van der Waals surface area (Å²) < 4.78 is 0. The van der Waals surface area contributed by atoms with Crippen LogP contribution in [0.5, 0.6) is 0 Å². The summed E-state index contributed by atoms with van der Waals surface area (Å²) in [6, 6.07) is 1.88. The molecule has 0 atom stereocenters. The van der Waals surface area contributed by atoms with Crippen LogP contribution in [0.1, 0.15) is 19.3 Å². The highest BCUT2D eigenvalue weighted by atomic mass is 15.4. The zero-order chi connectivity index (χ0) is 7.23. The van der Waals surface area contributed by atoms with Gasteiger partial charge in [0.05, 0.1) is 0 Å². The van der Waals surface area contributed by atoms with E-state index in [9.17, 15) is 0 Å². The van der Waals surface area contributed by atoms with Gasteiger partial charge in [-0.2, -0.15) is 10.4 Å². The molecule has 1 fully saturated rings. The first kappa shape index (κ1) is 7.07. The molecule has 0 saturated carbocycles. The zero-order valence-electron chi connectivity index (χ0n) is 5.95. The Kier molecular flexibility index (Phi) is 2.75. The normalized spacial score (nSPS) is 19.3. The van der Waals surface area contributed by atoms with Crippen LogP contribution in [-0.2, 0) is 0 Å². The van der Waals surface area contributed by atoms with E-state index in [0.29, 0.717) is 0 Å². The highest BCUT2D eigenvalue weighted by Gasteiger charge is 2.05. The van der Waals surface area contributed by atoms with Gasteiger partial charge in [-0.05, 0) is 19.3 Å². The fourth-order valence-electron chi connectivity index (χ4n) is 1.10. The van der Waals surface area contributed by atoms with E-state index in [4.69, 9.17) is 5.26 Å². The van der Waals surface area contributed by atoms with Crippen molar-refractivity contribution in [3.05, 3.63) is 0 Å². The highest BCUT2D eigenvalue weighted by Crippen LogP contribution is 2.07. The Bertz CT molecular complexity index is 151. The molecular formula is C7H11N3. The molecule has 0 amide bonds. The van der Waals surface area contributed by atoms with E-state index in [1.54, 1.807) is 0 Å². The van der Waals surface area contributed by atoms with Gasteiger partial charge in [0.2, 0.25) is 0 Å². The number of nitriles is 1. The summed E-state index contributed by atoms with van der Waals surface area (Å²) in [5.41, 5.74) is 0. The van der Waals surface area contributed by atoms with Gasteiger partial charge in [-0.1, -0.05) is 0 Å². The van der Waals surface area contributed by atoms with Crippen LogP contribution in [0.15, 0.2) is 5.10 Å². The monoisotopic (exact) mass is 137 g/mol. The van der Waals surface area contributed by atoms with Gasteiger partial charge in [0, 0.05) is 13.1 Å². The molecule has 10 heavy (non-hydrogen) atoms. The van der Waals surface area contributed by atoms with E-state index in [1.807, 2.05) is 11.1 Å². The molecule has 0 spiro atoms. The van der Waals surface area contributed by atoms with Crippen LogP contribution in [0.2, 0.25) is 0 Å². The van der Waals surface area contributed by atoms with Crippen molar-refractivity contribution in [2.24, 2.45) is 5.10 Å². The average molecular weight is 137 g/mol. The van der Waals surface area contributed by atoms with Crippen LogP contribution in [0.25, 0.3) is 0 Å². The van der Waals surface area contributed by atoms with Crippen LogP contribution >= 0.6 is 0 Å². The standard InChI is InChI=1S/C7H11N3/c8-4-5-9-10-6-2-1-3-7-10/h5H,1-3,6-7H2/b9-5+. The Labute approximate surface area is 60.9 Å². The smallest absolute Gasteiger partial charge is 0.124 e. The molecule has 1 heterocycles. The van der Waals surface area contributed by atoms with Gasteiger partial charge in [0.15, 0.2) is 0 Å². The Hall–Kier alpha value is -1.04. The molecule has 3 nitrogen and oxygen atoms in total. The summed E-state index contributed by atoms with van der Waals surface area (Å²) in [6.45, 7) is 2.02. The van der Waals surface area contributed by atoms with Crippen molar-refractivity contribution in [2.45, 2.75) is 19.3 Å². The molecule has 3 heteroatoms. The summed E-state index contributed by atoms with van der Waals surface area (Å²) in [6.07, 6.45) is 5.02. The maximum Gasteiger partial charge on any atom is 0.124 e. The van der Waals surface area contributed by atoms with E-state index >= 15 is 0 Å².